The quantitative estimate of drug-likeness (QED) is 0.560. The van der Waals surface area contributed by atoms with E-state index in [4.69, 9.17) is 5.73 Å². The minimum Gasteiger partial charge on any atom is -0.393 e. The Hall–Kier alpha value is -2.59. The summed E-state index contributed by atoms with van der Waals surface area (Å²) in [7, 11) is 1.44. The molecule has 1 aliphatic heterocycles. The molecule has 2 amide bonds. The van der Waals surface area contributed by atoms with Gasteiger partial charge in [0, 0.05) is 7.05 Å². The smallest absolute Gasteiger partial charge is 0.393 e. The number of amides is 2. The van der Waals surface area contributed by atoms with E-state index in [1.807, 2.05) is 0 Å². The number of rotatable bonds is 5. The molecule has 0 aromatic heterocycles. The molecule has 1 aromatic rings. The highest BCUT2D eigenvalue weighted by Crippen LogP contribution is 2.44. The van der Waals surface area contributed by atoms with Crippen molar-refractivity contribution in [3.63, 3.8) is 0 Å². The van der Waals surface area contributed by atoms with E-state index in [1.165, 1.54) is 30.3 Å². The number of alkyl halides is 3. The Morgan fingerprint density at radius 2 is 1.94 bits per heavy atom. The molecule has 5 N–H and O–H groups in total. The lowest BCUT2D eigenvalue weighted by Gasteiger charge is -2.45. The number of aliphatic hydroxyl groups is 1. The van der Waals surface area contributed by atoms with Gasteiger partial charge in [-0.1, -0.05) is 12.1 Å². The number of likely N-dealkylation sites (N-methyl/N-ethyl adjacent to an activating group) is 1. The molecule has 1 heterocycles. The third kappa shape index (κ3) is 4.27. The number of benzene rings is 1. The second kappa shape index (κ2) is 8.51. The van der Waals surface area contributed by atoms with Gasteiger partial charge in [0.05, 0.1) is 17.7 Å². The van der Waals surface area contributed by atoms with E-state index >= 15 is 0 Å². The Balaban J connectivity index is 2.06. The number of hydrogen-bond acceptors (Lipinski definition) is 5. The van der Waals surface area contributed by atoms with Crippen LogP contribution < -0.4 is 16.5 Å². The van der Waals surface area contributed by atoms with Crippen LogP contribution in [0.5, 0.6) is 0 Å². The van der Waals surface area contributed by atoms with Crippen LogP contribution in [0.4, 0.5) is 13.2 Å². The first-order chi connectivity index (χ1) is 14.5. The molecule has 3 rings (SSSR count). The van der Waals surface area contributed by atoms with Gasteiger partial charge in [-0.05, 0) is 62.3 Å². The second-order valence-corrected chi connectivity index (χ2v) is 8.11. The molecule has 1 aliphatic carbocycles. The summed E-state index contributed by atoms with van der Waals surface area (Å²) in [4.78, 5) is 25.2. The highest BCUT2D eigenvalue weighted by atomic mass is 19.4. The summed E-state index contributed by atoms with van der Waals surface area (Å²) < 4.78 is 39.7. The number of hydrogen-bond donors (Lipinski definition) is 4. The van der Waals surface area contributed by atoms with Gasteiger partial charge in [-0.2, -0.15) is 18.2 Å². The number of hydrazine groups is 1. The summed E-state index contributed by atoms with van der Waals surface area (Å²) >= 11 is 0. The van der Waals surface area contributed by atoms with E-state index in [-0.39, 0.29) is 11.6 Å². The van der Waals surface area contributed by atoms with E-state index in [1.54, 1.807) is 6.92 Å². The standard InChI is InChI=1S/C21H27F3N4O3/c1-12(13-4-3-5-15(10-13)21(22,23)24)28-20(19(25)31,11-17(27-28)18(30)26-2)14-6-8-16(29)9-7-14/h3-5,10-12,14,16,27,29H,6-9H2,1-2H3,(H2,25,31)(H,26,30)/t12-,14?,16?,20?/m0/s1. The molecule has 1 saturated carbocycles. The van der Waals surface area contributed by atoms with Crippen molar-refractivity contribution >= 4 is 11.8 Å². The molecule has 1 aromatic carbocycles. The lowest BCUT2D eigenvalue weighted by molar-refractivity contribution is -0.138. The van der Waals surface area contributed by atoms with E-state index in [2.05, 4.69) is 10.7 Å². The van der Waals surface area contributed by atoms with Crippen molar-refractivity contribution in [1.29, 1.82) is 0 Å². The molecule has 170 valence electrons. The summed E-state index contributed by atoms with van der Waals surface area (Å²) in [6.07, 6.45) is -1.62. The molecule has 2 atom stereocenters. The molecule has 1 unspecified atom stereocenters. The maximum atomic E-state index is 13.2. The molecular weight excluding hydrogens is 413 g/mol. The van der Waals surface area contributed by atoms with E-state index in [9.17, 15) is 27.9 Å². The number of carbonyl (C=O) groups excluding carboxylic acids is 2. The van der Waals surface area contributed by atoms with Crippen LogP contribution in [0.15, 0.2) is 36.0 Å². The molecule has 0 radical (unpaired) electrons. The molecule has 0 bridgehead atoms. The van der Waals surface area contributed by atoms with Crippen LogP contribution in [-0.2, 0) is 15.8 Å². The lowest BCUT2D eigenvalue weighted by Crippen LogP contribution is -2.62. The van der Waals surface area contributed by atoms with Crippen molar-refractivity contribution in [1.82, 2.24) is 15.8 Å². The van der Waals surface area contributed by atoms with Crippen molar-refractivity contribution in [2.75, 3.05) is 7.05 Å². The fourth-order valence-corrected chi connectivity index (χ4v) is 4.56. The van der Waals surface area contributed by atoms with Gasteiger partial charge >= 0.3 is 6.18 Å². The monoisotopic (exact) mass is 440 g/mol. The van der Waals surface area contributed by atoms with Crippen LogP contribution in [0.1, 0.15) is 49.8 Å². The third-order valence-corrected chi connectivity index (χ3v) is 6.27. The fourth-order valence-electron chi connectivity index (χ4n) is 4.56. The van der Waals surface area contributed by atoms with Gasteiger partial charge in [-0.25, -0.2) is 0 Å². The van der Waals surface area contributed by atoms with E-state index in [0.717, 1.165) is 12.1 Å². The fraction of sp³-hybridized carbons (Fsp3) is 0.524. The zero-order valence-electron chi connectivity index (χ0n) is 17.4. The van der Waals surface area contributed by atoms with Crippen molar-refractivity contribution < 1.29 is 27.9 Å². The number of nitrogens with one attached hydrogen (secondary N) is 2. The van der Waals surface area contributed by atoms with Crippen LogP contribution in [0.3, 0.4) is 0 Å². The zero-order chi connectivity index (χ0) is 23.0. The molecule has 31 heavy (non-hydrogen) atoms. The number of primary amides is 1. The Kier molecular flexibility index (Phi) is 6.33. The number of aliphatic hydroxyl groups excluding tert-OH is 1. The first-order valence-corrected chi connectivity index (χ1v) is 10.2. The maximum Gasteiger partial charge on any atom is 0.416 e. The molecule has 7 nitrogen and oxygen atoms in total. The predicted octanol–water partition coefficient (Wildman–Crippen LogP) is 1.99. The highest BCUT2D eigenvalue weighted by Gasteiger charge is 2.54. The van der Waals surface area contributed by atoms with Crippen molar-refractivity contribution in [3.05, 3.63) is 47.2 Å². The average molecular weight is 440 g/mol. The van der Waals surface area contributed by atoms with Crippen molar-refractivity contribution in [2.24, 2.45) is 11.7 Å². The topological polar surface area (TPSA) is 108 Å². The third-order valence-electron chi connectivity index (χ3n) is 6.27. The first-order valence-electron chi connectivity index (χ1n) is 10.2. The summed E-state index contributed by atoms with van der Waals surface area (Å²) in [6, 6.07) is 4.13. The van der Waals surface area contributed by atoms with Gasteiger partial charge in [-0.15, -0.1) is 0 Å². The van der Waals surface area contributed by atoms with Gasteiger partial charge in [-0.3, -0.25) is 9.59 Å². The van der Waals surface area contributed by atoms with Gasteiger partial charge in [0.25, 0.3) is 5.91 Å². The lowest BCUT2D eigenvalue weighted by atomic mass is 9.72. The Morgan fingerprint density at radius 1 is 1.29 bits per heavy atom. The summed E-state index contributed by atoms with van der Waals surface area (Å²) in [6.45, 7) is 1.65. The predicted molar refractivity (Wildman–Crippen MR) is 107 cm³/mol. The zero-order valence-corrected chi connectivity index (χ0v) is 17.4. The first kappa shape index (κ1) is 23.1. The van der Waals surface area contributed by atoms with E-state index in [0.29, 0.717) is 31.2 Å². The van der Waals surface area contributed by atoms with Crippen LogP contribution in [-0.4, -0.2) is 40.6 Å². The Bertz CT molecular complexity index is 881. The number of nitrogens with zero attached hydrogens (tertiary/aromatic N) is 1. The van der Waals surface area contributed by atoms with E-state index < -0.39 is 41.2 Å². The van der Waals surface area contributed by atoms with Gasteiger partial charge in [0.15, 0.2) is 0 Å². The van der Waals surface area contributed by atoms with Crippen LogP contribution in [0, 0.1) is 5.92 Å². The van der Waals surface area contributed by atoms with Crippen LogP contribution in [0.25, 0.3) is 0 Å². The summed E-state index contributed by atoms with van der Waals surface area (Å²) in [5, 5.41) is 13.9. The largest absolute Gasteiger partial charge is 0.416 e. The molecule has 2 aliphatic rings. The van der Waals surface area contributed by atoms with Crippen LogP contribution in [0.2, 0.25) is 0 Å². The van der Waals surface area contributed by atoms with Crippen LogP contribution >= 0.6 is 0 Å². The maximum absolute atomic E-state index is 13.2. The second-order valence-electron chi connectivity index (χ2n) is 8.11. The van der Waals surface area contributed by atoms with Gasteiger partial charge in [0.1, 0.15) is 11.2 Å². The molecule has 1 fully saturated rings. The van der Waals surface area contributed by atoms with Crippen molar-refractivity contribution in [3.8, 4) is 0 Å². The summed E-state index contributed by atoms with van der Waals surface area (Å²) in [5.41, 5.74) is 6.96. The minimum atomic E-state index is -4.51. The Morgan fingerprint density at radius 3 is 2.48 bits per heavy atom. The molecule has 0 saturated heterocycles. The highest BCUT2D eigenvalue weighted by molar-refractivity contribution is 5.97. The van der Waals surface area contributed by atoms with Gasteiger partial charge in [0.2, 0.25) is 5.91 Å². The number of carbonyl (C=O) groups is 2. The summed E-state index contributed by atoms with van der Waals surface area (Å²) in [5.74, 6) is -1.50. The normalized spacial score (nSPS) is 27.9. The number of halogens is 3. The SMILES string of the molecule is CNC(=O)C1=CC(C(N)=O)(C2CCC(O)CC2)N([C@@H](C)c2cccc(C(F)(F)F)c2)N1. The number of nitrogens with two attached hydrogens (primary N) is 1. The minimum absolute atomic E-state index is 0.103. The Labute approximate surface area is 178 Å². The average Bonchev–Trinajstić information content (AvgIpc) is 3.14. The van der Waals surface area contributed by atoms with Crippen molar-refractivity contribution in [2.45, 2.75) is 56.5 Å². The van der Waals surface area contributed by atoms with Gasteiger partial charge < -0.3 is 21.6 Å². The molecule has 10 heteroatoms. The molecule has 0 spiro atoms. The molecular formula is C21H27F3N4O3.